The minimum Gasteiger partial charge on any atom is -0.301 e. The van der Waals surface area contributed by atoms with Gasteiger partial charge in [-0.2, -0.15) is 0 Å². The minimum atomic E-state index is -1.51. The number of nitrogens with one attached hydrogen (secondary N) is 2. The normalized spacial score (nSPS) is 20.3. The maximum atomic E-state index is 13.1. The molecule has 1 atom stereocenters. The molecule has 0 unspecified atom stereocenters. The summed E-state index contributed by atoms with van der Waals surface area (Å²) in [6.45, 7) is 1.77. The summed E-state index contributed by atoms with van der Waals surface area (Å²) in [7, 11) is 0. The summed E-state index contributed by atoms with van der Waals surface area (Å²) >= 11 is 8.48. The first kappa shape index (κ1) is 22.5. The molecule has 33 heavy (non-hydrogen) atoms. The summed E-state index contributed by atoms with van der Waals surface area (Å²) in [5.41, 5.74) is 0.884. The first-order valence-corrected chi connectivity index (χ1v) is 10.8. The molecule has 4 rings (SSSR count). The van der Waals surface area contributed by atoms with Crippen molar-refractivity contribution in [3.05, 3.63) is 70.2 Å². The van der Waals surface area contributed by atoms with Crippen LogP contribution in [0.25, 0.3) is 0 Å². The Balaban J connectivity index is 1.72. The molecular formula is C22H15BrN4O5S. The third-order valence-corrected chi connectivity index (χ3v) is 6.23. The number of carbonyl (C=O) groups excluding carboxylic acids is 5. The van der Waals surface area contributed by atoms with E-state index in [-0.39, 0.29) is 10.8 Å². The van der Waals surface area contributed by atoms with Gasteiger partial charge in [0.2, 0.25) is 11.8 Å². The van der Waals surface area contributed by atoms with Crippen molar-refractivity contribution >= 4 is 74.3 Å². The summed E-state index contributed by atoms with van der Waals surface area (Å²) < 4.78 is 0.768. The molecule has 0 aliphatic carbocycles. The second-order valence-corrected chi connectivity index (χ2v) is 8.44. The maximum Gasteiger partial charge on any atom is 0.335 e. The number of imide groups is 2. The Morgan fingerprint density at radius 3 is 2.30 bits per heavy atom. The molecule has 6 amide bonds. The van der Waals surface area contributed by atoms with Crippen molar-refractivity contribution in [1.29, 1.82) is 0 Å². The SMILES string of the molecule is Cc1cc(N2C(=O)NC(=O)/C(=C\[C@H]3C(=O)NC(=S)N(c4ccccc4)C3=O)C2=O)ccc1Br. The summed E-state index contributed by atoms with van der Waals surface area (Å²) in [6.07, 6.45) is 0.957. The van der Waals surface area contributed by atoms with Crippen molar-refractivity contribution in [2.24, 2.45) is 5.92 Å². The lowest BCUT2D eigenvalue weighted by atomic mass is 9.98. The second-order valence-electron chi connectivity index (χ2n) is 7.19. The van der Waals surface area contributed by atoms with Gasteiger partial charge in [-0.25, -0.2) is 9.69 Å². The summed E-state index contributed by atoms with van der Waals surface area (Å²) in [5.74, 6) is -4.98. The number of carbonyl (C=O) groups is 5. The number of urea groups is 1. The van der Waals surface area contributed by atoms with Crippen molar-refractivity contribution in [2.75, 3.05) is 9.80 Å². The van der Waals surface area contributed by atoms with E-state index < -0.39 is 41.2 Å². The monoisotopic (exact) mass is 526 g/mol. The Labute approximate surface area is 201 Å². The van der Waals surface area contributed by atoms with Crippen molar-refractivity contribution in [1.82, 2.24) is 10.6 Å². The molecule has 0 spiro atoms. The Morgan fingerprint density at radius 1 is 0.939 bits per heavy atom. The van der Waals surface area contributed by atoms with Crippen LogP contribution in [0.3, 0.4) is 0 Å². The number of thiocarbonyl (C=S) groups is 1. The first-order valence-electron chi connectivity index (χ1n) is 9.60. The van der Waals surface area contributed by atoms with Crippen LogP contribution in [0.1, 0.15) is 5.56 Å². The number of hydrogen-bond donors (Lipinski definition) is 2. The topological polar surface area (TPSA) is 116 Å². The Kier molecular flexibility index (Phi) is 5.91. The predicted octanol–water partition coefficient (Wildman–Crippen LogP) is 2.33. The molecule has 2 N–H and O–H groups in total. The van der Waals surface area contributed by atoms with Crippen molar-refractivity contribution in [2.45, 2.75) is 6.92 Å². The predicted molar refractivity (Wildman–Crippen MR) is 126 cm³/mol. The van der Waals surface area contributed by atoms with Gasteiger partial charge in [-0.15, -0.1) is 0 Å². The van der Waals surface area contributed by atoms with Gasteiger partial charge in [-0.3, -0.25) is 29.4 Å². The van der Waals surface area contributed by atoms with Crippen LogP contribution in [-0.4, -0.2) is 34.8 Å². The minimum absolute atomic E-state index is 0.118. The summed E-state index contributed by atoms with van der Waals surface area (Å²) in [4.78, 5) is 65.6. The van der Waals surface area contributed by atoms with Crippen molar-refractivity contribution in [3.8, 4) is 0 Å². The quantitative estimate of drug-likeness (QED) is 0.274. The van der Waals surface area contributed by atoms with Crippen molar-refractivity contribution < 1.29 is 24.0 Å². The van der Waals surface area contributed by atoms with Crippen LogP contribution in [0, 0.1) is 12.8 Å². The van der Waals surface area contributed by atoms with Gasteiger partial charge in [0, 0.05) is 4.47 Å². The van der Waals surface area contributed by atoms with E-state index in [0.29, 0.717) is 5.69 Å². The van der Waals surface area contributed by atoms with Gasteiger partial charge in [0.05, 0.1) is 11.4 Å². The van der Waals surface area contributed by atoms with Crippen LogP contribution in [0.5, 0.6) is 0 Å². The Bertz CT molecular complexity index is 1280. The lowest BCUT2D eigenvalue weighted by Gasteiger charge is -2.32. The van der Waals surface area contributed by atoms with Crippen LogP contribution in [0.2, 0.25) is 0 Å². The smallest absolute Gasteiger partial charge is 0.301 e. The lowest BCUT2D eigenvalue weighted by Crippen LogP contribution is -2.58. The summed E-state index contributed by atoms with van der Waals surface area (Å²) in [5, 5.41) is 4.38. The summed E-state index contributed by atoms with van der Waals surface area (Å²) in [6, 6.07) is 12.2. The van der Waals surface area contributed by atoms with Crippen LogP contribution in [0.4, 0.5) is 16.2 Å². The van der Waals surface area contributed by atoms with Crippen molar-refractivity contribution in [3.63, 3.8) is 0 Å². The van der Waals surface area contributed by atoms with Crippen LogP contribution >= 0.6 is 28.1 Å². The molecular weight excluding hydrogens is 512 g/mol. The van der Waals surface area contributed by atoms with Crippen LogP contribution < -0.4 is 20.4 Å². The second kappa shape index (κ2) is 8.68. The van der Waals surface area contributed by atoms with E-state index in [9.17, 15) is 24.0 Å². The molecule has 2 heterocycles. The van der Waals surface area contributed by atoms with Gasteiger partial charge in [0.25, 0.3) is 11.8 Å². The zero-order chi connectivity index (χ0) is 23.9. The average Bonchev–Trinajstić information content (AvgIpc) is 2.76. The van der Waals surface area contributed by atoms with Gasteiger partial charge in [0.1, 0.15) is 11.5 Å². The number of para-hydroxylation sites is 1. The fraction of sp³-hybridized carbons (Fsp3) is 0.0909. The molecule has 2 saturated heterocycles. The van der Waals surface area contributed by atoms with E-state index in [2.05, 4.69) is 26.6 Å². The molecule has 9 nitrogen and oxygen atoms in total. The molecule has 2 aliphatic heterocycles. The number of anilines is 2. The molecule has 2 aliphatic rings. The number of halogens is 1. The number of hydrogen-bond acceptors (Lipinski definition) is 6. The molecule has 166 valence electrons. The highest BCUT2D eigenvalue weighted by Crippen LogP contribution is 2.27. The van der Waals surface area contributed by atoms with E-state index >= 15 is 0 Å². The third kappa shape index (κ3) is 4.08. The molecule has 0 bridgehead atoms. The zero-order valence-corrected chi connectivity index (χ0v) is 19.4. The fourth-order valence-corrected chi connectivity index (χ4v) is 3.95. The molecule has 0 aromatic heterocycles. The largest absolute Gasteiger partial charge is 0.335 e. The zero-order valence-electron chi connectivity index (χ0n) is 17.0. The Hall–Kier alpha value is -3.70. The number of barbiturate groups is 1. The fourth-order valence-electron chi connectivity index (χ4n) is 3.41. The van der Waals surface area contributed by atoms with E-state index in [1.165, 1.54) is 6.07 Å². The number of nitrogens with zero attached hydrogens (tertiary/aromatic N) is 2. The van der Waals surface area contributed by atoms with E-state index in [1.807, 2.05) is 0 Å². The highest BCUT2D eigenvalue weighted by Gasteiger charge is 2.42. The number of benzene rings is 2. The number of aryl methyl sites for hydroxylation is 1. The van der Waals surface area contributed by atoms with Gasteiger partial charge in [-0.05, 0) is 61.1 Å². The molecule has 2 aromatic carbocycles. The molecule has 2 fully saturated rings. The average molecular weight is 527 g/mol. The molecule has 0 radical (unpaired) electrons. The van der Waals surface area contributed by atoms with E-state index in [1.54, 1.807) is 49.4 Å². The number of amides is 6. The molecule has 11 heteroatoms. The lowest BCUT2D eigenvalue weighted by molar-refractivity contribution is -0.131. The standard InChI is InChI=1S/C22H15BrN4O5S/c1-11-9-13(7-8-16(11)23)26-19(30)14(17(28)24-21(26)32)10-15-18(29)25-22(33)27(20(15)31)12-5-3-2-4-6-12/h2-10,15H,1H3,(H,24,28,32)(H,25,29,33)/b14-10+/t15-/m0/s1. The maximum absolute atomic E-state index is 13.1. The van der Waals surface area contributed by atoms with Gasteiger partial charge in [-0.1, -0.05) is 34.1 Å². The van der Waals surface area contributed by atoms with Gasteiger partial charge in [0.15, 0.2) is 5.11 Å². The van der Waals surface area contributed by atoms with E-state index in [4.69, 9.17) is 12.2 Å². The number of rotatable bonds is 3. The highest BCUT2D eigenvalue weighted by molar-refractivity contribution is 9.10. The Morgan fingerprint density at radius 2 is 1.64 bits per heavy atom. The highest BCUT2D eigenvalue weighted by atomic mass is 79.9. The van der Waals surface area contributed by atoms with E-state index in [0.717, 1.165) is 25.9 Å². The molecule has 0 saturated carbocycles. The molecule has 2 aromatic rings. The van der Waals surface area contributed by atoms with Crippen LogP contribution in [0.15, 0.2) is 64.7 Å². The van der Waals surface area contributed by atoms with Crippen LogP contribution in [-0.2, 0) is 19.2 Å². The van der Waals surface area contributed by atoms with Gasteiger partial charge < -0.3 is 5.32 Å². The third-order valence-electron chi connectivity index (χ3n) is 5.05. The first-order chi connectivity index (χ1) is 15.7. The van der Waals surface area contributed by atoms with Gasteiger partial charge >= 0.3 is 6.03 Å².